The van der Waals surface area contributed by atoms with Gasteiger partial charge in [-0.05, 0) is 77.5 Å². The quantitative estimate of drug-likeness (QED) is 0.0402. The van der Waals surface area contributed by atoms with Crippen LogP contribution in [0.5, 0.6) is 11.5 Å². The first-order valence-electron chi connectivity index (χ1n) is 21.8. The van der Waals surface area contributed by atoms with Gasteiger partial charge in [0.15, 0.2) is 12.6 Å². The highest BCUT2D eigenvalue weighted by Crippen LogP contribution is 2.39. The SMILES string of the molecule is COCOc1cc(OC)cc(C=CC[C@@H]2OC(C)(C)O[C@@H]2C(O)C=CC(=Cc2ccccc2)[C@H](C)O[Si](c2ccccc2)(c2ccccc2)C(C)(C)C)c1C(=O)OCC[Si](C)(C)C. The Kier molecular flexibility index (Phi) is 17.1. The van der Waals surface area contributed by atoms with Gasteiger partial charge in [-0.25, -0.2) is 4.79 Å². The minimum absolute atomic E-state index is 0.0620. The highest BCUT2D eigenvalue weighted by atomic mass is 28.4. The molecule has 0 bridgehead atoms. The van der Waals surface area contributed by atoms with Gasteiger partial charge >= 0.3 is 5.97 Å². The Balaban J connectivity index is 1.45. The molecule has 4 aromatic carbocycles. The maximum absolute atomic E-state index is 13.6. The molecule has 1 saturated heterocycles. The number of benzene rings is 4. The van der Waals surface area contributed by atoms with Gasteiger partial charge in [0.05, 0.1) is 25.9 Å². The van der Waals surface area contributed by atoms with Crippen LogP contribution in [0, 0.1) is 0 Å². The largest absolute Gasteiger partial charge is 0.497 e. The first kappa shape index (κ1) is 49.4. The molecule has 1 heterocycles. The second kappa shape index (κ2) is 21.9. The molecule has 338 valence electrons. The Morgan fingerprint density at radius 3 is 2.05 bits per heavy atom. The van der Waals surface area contributed by atoms with Crippen molar-refractivity contribution in [2.75, 3.05) is 27.6 Å². The van der Waals surface area contributed by atoms with Gasteiger partial charge in [-0.1, -0.05) is 156 Å². The number of methoxy groups -OCH3 is 2. The molecule has 1 N–H and O–H groups in total. The van der Waals surface area contributed by atoms with Gasteiger partial charge in [0, 0.05) is 21.3 Å². The summed E-state index contributed by atoms with van der Waals surface area (Å²) >= 11 is 0. The van der Waals surface area contributed by atoms with Gasteiger partial charge in [-0.15, -0.1) is 0 Å². The number of hydrogen-bond acceptors (Lipinski definition) is 9. The van der Waals surface area contributed by atoms with E-state index in [1.165, 1.54) is 17.5 Å². The van der Waals surface area contributed by atoms with Crippen LogP contribution in [0.2, 0.25) is 30.7 Å². The summed E-state index contributed by atoms with van der Waals surface area (Å²) in [6.07, 6.45) is 7.34. The zero-order chi connectivity index (χ0) is 45.8. The number of ether oxygens (including phenoxy) is 6. The van der Waals surface area contributed by atoms with Crippen molar-refractivity contribution in [2.24, 2.45) is 0 Å². The molecule has 5 rings (SSSR count). The average Bonchev–Trinajstić information content (AvgIpc) is 3.56. The Morgan fingerprint density at radius 1 is 0.889 bits per heavy atom. The Labute approximate surface area is 377 Å². The van der Waals surface area contributed by atoms with E-state index in [0.717, 1.165) is 17.2 Å². The third-order valence-corrected chi connectivity index (χ3v) is 17.9. The zero-order valence-electron chi connectivity index (χ0n) is 39.1. The van der Waals surface area contributed by atoms with Crippen molar-refractivity contribution in [1.29, 1.82) is 0 Å². The molecule has 0 aromatic heterocycles. The van der Waals surface area contributed by atoms with Crippen molar-refractivity contribution in [1.82, 2.24) is 0 Å². The maximum atomic E-state index is 13.6. The number of aliphatic hydroxyl groups is 1. The minimum atomic E-state index is -2.93. The van der Waals surface area contributed by atoms with E-state index < -0.39 is 46.5 Å². The molecule has 0 radical (unpaired) electrons. The fraction of sp³-hybridized carbons (Fsp3) is 0.404. The fourth-order valence-corrected chi connectivity index (χ4v) is 13.3. The van der Waals surface area contributed by atoms with Crippen LogP contribution in [0.3, 0.4) is 0 Å². The van der Waals surface area contributed by atoms with Crippen molar-refractivity contribution in [3.8, 4) is 11.5 Å². The smallest absolute Gasteiger partial charge is 0.342 e. The van der Waals surface area contributed by atoms with Crippen LogP contribution in [0.1, 0.15) is 69.4 Å². The molecule has 63 heavy (non-hydrogen) atoms. The molecule has 1 aliphatic rings. The number of carbonyl (C=O) groups excluding carboxylic acids is 1. The molecular formula is C52H68O9Si2. The zero-order valence-corrected chi connectivity index (χ0v) is 41.1. The second-order valence-corrected chi connectivity index (χ2v) is 28.6. The first-order chi connectivity index (χ1) is 29.9. The molecule has 0 amide bonds. The van der Waals surface area contributed by atoms with Crippen LogP contribution in [-0.4, -0.2) is 85.3 Å². The standard InChI is InChI=1S/C52H68O9Si2/c1-38(61-63(51(2,3)4,43-25-17-13-18-26-43)44-27-19-14-20-28-44)40(34-39-22-15-12-16-23-39)30-31-45(53)49-46(59-52(5,6)60-49)29-21-24-41-35-42(56-8)36-47(58-37-55-7)48(41)50(54)57-32-33-62(9,10)11/h12-28,30-31,34-36,38,45-46,49,53H,29,32-33,37H2,1-11H3/t38-,45?,46-,49+/m0/s1. The predicted octanol–water partition coefficient (Wildman–Crippen LogP) is 10.1. The highest BCUT2D eigenvalue weighted by molar-refractivity contribution is 6.99. The Morgan fingerprint density at radius 2 is 1.49 bits per heavy atom. The van der Waals surface area contributed by atoms with E-state index in [1.54, 1.807) is 25.3 Å². The fourth-order valence-electron chi connectivity index (χ4n) is 7.89. The van der Waals surface area contributed by atoms with E-state index in [9.17, 15) is 9.90 Å². The van der Waals surface area contributed by atoms with Crippen LogP contribution in [0.15, 0.2) is 127 Å². The highest BCUT2D eigenvalue weighted by Gasteiger charge is 2.51. The van der Waals surface area contributed by atoms with Crippen molar-refractivity contribution in [3.05, 3.63) is 144 Å². The minimum Gasteiger partial charge on any atom is -0.497 e. The monoisotopic (exact) mass is 892 g/mol. The van der Waals surface area contributed by atoms with Gasteiger partial charge in [-0.3, -0.25) is 0 Å². The number of rotatable bonds is 20. The summed E-state index contributed by atoms with van der Waals surface area (Å²) in [6.45, 7) is 19.5. The summed E-state index contributed by atoms with van der Waals surface area (Å²) in [4.78, 5) is 13.6. The van der Waals surface area contributed by atoms with Crippen molar-refractivity contribution >= 4 is 44.9 Å². The lowest BCUT2D eigenvalue weighted by atomic mass is 10.0. The third kappa shape index (κ3) is 13.2. The van der Waals surface area contributed by atoms with E-state index >= 15 is 0 Å². The normalized spacial score (nSPS) is 18.1. The first-order valence-corrected chi connectivity index (χ1v) is 27.4. The number of hydrogen-bond donors (Lipinski definition) is 1. The lowest BCUT2D eigenvalue weighted by molar-refractivity contribution is -0.152. The summed E-state index contributed by atoms with van der Waals surface area (Å²) < 4.78 is 42.7. The van der Waals surface area contributed by atoms with E-state index in [0.29, 0.717) is 30.1 Å². The summed E-state index contributed by atoms with van der Waals surface area (Å²) in [5.74, 6) is -0.648. The number of aliphatic hydroxyl groups excluding tert-OH is 1. The van der Waals surface area contributed by atoms with Crippen LogP contribution < -0.4 is 19.8 Å². The predicted molar refractivity (Wildman–Crippen MR) is 259 cm³/mol. The van der Waals surface area contributed by atoms with Crippen LogP contribution in [0.25, 0.3) is 12.2 Å². The molecule has 0 aliphatic carbocycles. The van der Waals surface area contributed by atoms with Crippen LogP contribution >= 0.6 is 0 Å². The van der Waals surface area contributed by atoms with Gasteiger partial charge in [0.1, 0.15) is 29.3 Å². The second-order valence-electron chi connectivity index (χ2n) is 18.7. The molecule has 9 nitrogen and oxygen atoms in total. The lowest BCUT2D eigenvalue weighted by Crippen LogP contribution is -2.67. The lowest BCUT2D eigenvalue weighted by Gasteiger charge is -2.45. The van der Waals surface area contributed by atoms with Crippen molar-refractivity contribution in [3.63, 3.8) is 0 Å². The molecular weight excluding hydrogens is 825 g/mol. The summed E-state index contributed by atoms with van der Waals surface area (Å²) in [5.41, 5.74) is 2.74. The average molecular weight is 893 g/mol. The van der Waals surface area contributed by atoms with Gasteiger partial charge in [0.25, 0.3) is 8.32 Å². The van der Waals surface area contributed by atoms with E-state index in [2.05, 4.69) is 114 Å². The molecule has 11 heteroatoms. The Hall–Kier alpha value is -4.60. The van der Waals surface area contributed by atoms with E-state index in [4.69, 9.17) is 32.8 Å². The topological polar surface area (TPSA) is 102 Å². The van der Waals surface area contributed by atoms with Gasteiger partial charge in [-0.2, -0.15) is 0 Å². The summed E-state index contributed by atoms with van der Waals surface area (Å²) in [6, 6.07) is 35.6. The van der Waals surface area contributed by atoms with E-state index in [1.807, 2.05) is 62.4 Å². The molecule has 1 unspecified atom stereocenters. The molecule has 1 fully saturated rings. The number of esters is 1. The molecule has 0 spiro atoms. The van der Waals surface area contributed by atoms with Gasteiger partial charge in [0.2, 0.25) is 0 Å². The molecule has 0 saturated carbocycles. The third-order valence-electron chi connectivity index (χ3n) is 11.0. The van der Waals surface area contributed by atoms with Crippen LogP contribution in [-0.2, 0) is 23.4 Å². The van der Waals surface area contributed by atoms with Crippen molar-refractivity contribution in [2.45, 2.75) is 109 Å². The number of carbonyl (C=O) groups is 1. The van der Waals surface area contributed by atoms with E-state index in [-0.39, 0.29) is 23.5 Å². The summed E-state index contributed by atoms with van der Waals surface area (Å²) in [5, 5.41) is 14.1. The Bertz CT molecular complexity index is 2120. The van der Waals surface area contributed by atoms with Crippen molar-refractivity contribution < 1.29 is 42.7 Å². The maximum Gasteiger partial charge on any atom is 0.342 e. The molecule has 4 atom stereocenters. The molecule has 1 aliphatic heterocycles. The summed E-state index contributed by atoms with van der Waals surface area (Å²) in [7, 11) is -1.30. The van der Waals surface area contributed by atoms with Crippen LogP contribution in [0.4, 0.5) is 0 Å². The molecule has 4 aromatic rings. The van der Waals surface area contributed by atoms with Gasteiger partial charge < -0.3 is 38.0 Å².